The number of urea groups is 1. The van der Waals surface area contributed by atoms with Crippen LogP contribution in [0.3, 0.4) is 0 Å². The van der Waals surface area contributed by atoms with Gasteiger partial charge in [0.2, 0.25) is 5.96 Å². The van der Waals surface area contributed by atoms with Gasteiger partial charge in [-0.1, -0.05) is 31.5 Å². The van der Waals surface area contributed by atoms with Gasteiger partial charge in [-0.05, 0) is 30.9 Å². The van der Waals surface area contributed by atoms with Crippen LogP contribution in [-0.2, 0) is 12.8 Å². The second-order valence-corrected chi connectivity index (χ2v) is 4.54. The summed E-state index contributed by atoms with van der Waals surface area (Å²) in [5.74, 6) is -0.0132. The van der Waals surface area contributed by atoms with E-state index in [0.29, 0.717) is 0 Å². The number of carbonyl (C=O) groups excluding carboxylic acids is 1. The number of nitrogens with two attached hydrogens (primary N) is 1. The lowest BCUT2D eigenvalue weighted by Gasteiger charge is -2.25. The van der Waals surface area contributed by atoms with Crippen molar-refractivity contribution in [2.24, 2.45) is 5.73 Å². The van der Waals surface area contributed by atoms with Gasteiger partial charge in [0.1, 0.15) is 0 Å². The number of anilines is 1. The maximum Gasteiger partial charge on any atom is 0.318 e. The van der Waals surface area contributed by atoms with Crippen LogP contribution in [-0.4, -0.2) is 19.0 Å². The van der Waals surface area contributed by atoms with Crippen molar-refractivity contribution < 1.29 is 4.79 Å². The number of rotatable bonds is 3. The highest BCUT2D eigenvalue weighted by Crippen LogP contribution is 2.27. The molecule has 0 aliphatic rings. The Kier molecular flexibility index (Phi) is 4.92. The predicted molar refractivity (Wildman–Crippen MR) is 78.8 cm³/mol. The van der Waals surface area contributed by atoms with E-state index in [1.165, 1.54) is 5.56 Å². The number of benzene rings is 1. The molecule has 5 nitrogen and oxygen atoms in total. The third kappa shape index (κ3) is 3.47. The van der Waals surface area contributed by atoms with Gasteiger partial charge in [0.15, 0.2) is 0 Å². The van der Waals surface area contributed by atoms with Gasteiger partial charge in [-0.2, -0.15) is 0 Å². The van der Waals surface area contributed by atoms with Crippen LogP contribution in [0.1, 0.15) is 30.5 Å². The number of guanidine groups is 1. The molecule has 0 unspecified atom stereocenters. The molecule has 4 N–H and O–H groups in total. The summed E-state index contributed by atoms with van der Waals surface area (Å²) in [7, 11) is 1.77. The molecule has 0 aromatic heterocycles. The number of primary amides is 1. The van der Waals surface area contributed by atoms with E-state index in [0.717, 1.165) is 29.7 Å². The molecule has 0 saturated carbocycles. The fraction of sp³-hybridized carbons (Fsp3) is 0.429. The number of nitrogens with one attached hydrogen (secondary N) is 2. The summed E-state index contributed by atoms with van der Waals surface area (Å²) in [5.41, 5.74) is 9.57. The van der Waals surface area contributed by atoms with Crippen molar-refractivity contribution in [1.29, 1.82) is 5.41 Å². The Hall–Kier alpha value is -2.04. The molecule has 2 amide bonds. The second-order valence-electron chi connectivity index (χ2n) is 4.54. The highest BCUT2D eigenvalue weighted by Gasteiger charge is 2.16. The highest BCUT2D eigenvalue weighted by atomic mass is 16.2. The highest BCUT2D eigenvalue weighted by molar-refractivity contribution is 6.03. The van der Waals surface area contributed by atoms with E-state index in [9.17, 15) is 4.79 Å². The summed E-state index contributed by atoms with van der Waals surface area (Å²) < 4.78 is 0. The summed E-state index contributed by atoms with van der Waals surface area (Å²) in [6.45, 7) is 6.22. The molecular formula is C14H22N4O. The normalized spacial score (nSPS) is 10.1. The standard InChI is InChI=1S/C14H22N4O/c1-5-10-7-9(3)8-11(6-2)12(10)18(4)13(15)17-14(16)19/h7-8H,5-6H2,1-4H3,(H4,15,16,17,19). The third-order valence-corrected chi connectivity index (χ3v) is 3.09. The van der Waals surface area contributed by atoms with E-state index in [2.05, 4.69) is 38.2 Å². The zero-order chi connectivity index (χ0) is 14.6. The number of aryl methyl sites for hydroxylation is 3. The van der Waals surface area contributed by atoms with Gasteiger partial charge in [0.05, 0.1) is 0 Å². The molecule has 1 aromatic carbocycles. The van der Waals surface area contributed by atoms with Crippen molar-refractivity contribution in [2.45, 2.75) is 33.6 Å². The predicted octanol–water partition coefficient (Wildman–Crippen LogP) is 2.16. The van der Waals surface area contributed by atoms with Gasteiger partial charge in [-0.3, -0.25) is 10.7 Å². The molecule has 104 valence electrons. The van der Waals surface area contributed by atoms with Crippen LogP contribution in [0.5, 0.6) is 0 Å². The molecule has 19 heavy (non-hydrogen) atoms. The first-order chi connectivity index (χ1) is 8.90. The maximum absolute atomic E-state index is 10.9. The van der Waals surface area contributed by atoms with Crippen molar-refractivity contribution in [2.75, 3.05) is 11.9 Å². The zero-order valence-electron chi connectivity index (χ0n) is 12.0. The average Bonchev–Trinajstić information content (AvgIpc) is 2.35. The maximum atomic E-state index is 10.9. The first kappa shape index (κ1) is 15.0. The molecule has 1 rings (SSSR count). The quantitative estimate of drug-likeness (QED) is 0.576. The Labute approximate surface area is 114 Å². The van der Waals surface area contributed by atoms with Crippen LogP contribution in [0.2, 0.25) is 0 Å². The molecule has 5 heteroatoms. The minimum absolute atomic E-state index is 0.0132. The minimum Gasteiger partial charge on any atom is -0.351 e. The molecule has 0 bridgehead atoms. The topological polar surface area (TPSA) is 82.2 Å². The minimum atomic E-state index is -0.722. The van der Waals surface area contributed by atoms with Crippen molar-refractivity contribution in [3.05, 3.63) is 28.8 Å². The van der Waals surface area contributed by atoms with Crippen molar-refractivity contribution in [3.63, 3.8) is 0 Å². The molecular weight excluding hydrogens is 240 g/mol. The van der Waals surface area contributed by atoms with Gasteiger partial charge < -0.3 is 10.6 Å². The fourth-order valence-electron chi connectivity index (χ4n) is 2.22. The lowest BCUT2D eigenvalue weighted by Crippen LogP contribution is -2.44. The van der Waals surface area contributed by atoms with Crippen LogP contribution in [0.4, 0.5) is 10.5 Å². The van der Waals surface area contributed by atoms with Crippen LogP contribution >= 0.6 is 0 Å². The number of amides is 2. The first-order valence-corrected chi connectivity index (χ1v) is 6.41. The summed E-state index contributed by atoms with van der Waals surface area (Å²) >= 11 is 0. The van der Waals surface area contributed by atoms with Crippen LogP contribution < -0.4 is 16.0 Å². The molecule has 0 spiro atoms. The Morgan fingerprint density at radius 1 is 1.32 bits per heavy atom. The number of hydrogen-bond acceptors (Lipinski definition) is 2. The number of carbonyl (C=O) groups is 1. The van der Waals surface area contributed by atoms with Gasteiger partial charge in [-0.25, -0.2) is 4.79 Å². The molecule has 1 aromatic rings. The summed E-state index contributed by atoms with van der Waals surface area (Å²) in [4.78, 5) is 12.5. The van der Waals surface area contributed by atoms with E-state index >= 15 is 0 Å². The largest absolute Gasteiger partial charge is 0.351 e. The van der Waals surface area contributed by atoms with Crippen LogP contribution in [0, 0.1) is 12.3 Å². The molecule has 0 saturated heterocycles. The Morgan fingerprint density at radius 2 is 1.79 bits per heavy atom. The molecule has 0 aliphatic carbocycles. The monoisotopic (exact) mass is 262 g/mol. The zero-order valence-corrected chi connectivity index (χ0v) is 12.0. The van der Waals surface area contributed by atoms with E-state index in [-0.39, 0.29) is 5.96 Å². The Balaban J connectivity index is 3.23. The Morgan fingerprint density at radius 3 is 2.16 bits per heavy atom. The van der Waals surface area contributed by atoms with Gasteiger partial charge in [-0.15, -0.1) is 0 Å². The molecule has 0 heterocycles. The van der Waals surface area contributed by atoms with Crippen molar-refractivity contribution in [3.8, 4) is 0 Å². The summed E-state index contributed by atoms with van der Waals surface area (Å²) in [5, 5.41) is 10.2. The summed E-state index contributed by atoms with van der Waals surface area (Å²) in [6, 6.07) is 3.51. The van der Waals surface area contributed by atoms with Crippen molar-refractivity contribution in [1.82, 2.24) is 5.32 Å². The number of nitrogens with zero attached hydrogens (tertiary/aromatic N) is 1. The van der Waals surface area contributed by atoms with Gasteiger partial charge in [0, 0.05) is 12.7 Å². The van der Waals surface area contributed by atoms with E-state index in [1.54, 1.807) is 11.9 Å². The smallest absolute Gasteiger partial charge is 0.318 e. The van der Waals surface area contributed by atoms with E-state index in [4.69, 9.17) is 11.1 Å². The lowest BCUT2D eigenvalue weighted by molar-refractivity contribution is 0.253. The summed E-state index contributed by atoms with van der Waals surface area (Å²) in [6.07, 6.45) is 1.75. The molecule has 0 atom stereocenters. The fourth-order valence-corrected chi connectivity index (χ4v) is 2.22. The lowest BCUT2D eigenvalue weighted by atomic mass is 9.99. The number of hydrogen-bond donors (Lipinski definition) is 3. The molecule has 0 aliphatic heterocycles. The molecule has 0 fully saturated rings. The third-order valence-electron chi connectivity index (χ3n) is 3.09. The van der Waals surface area contributed by atoms with Crippen LogP contribution in [0.15, 0.2) is 12.1 Å². The van der Waals surface area contributed by atoms with E-state index in [1.807, 2.05) is 0 Å². The van der Waals surface area contributed by atoms with Crippen molar-refractivity contribution >= 4 is 17.7 Å². The molecule has 0 radical (unpaired) electrons. The van der Waals surface area contributed by atoms with Crippen LogP contribution in [0.25, 0.3) is 0 Å². The SMILES string of the molecule is CCc1cc(C)cc(CC)c1N(C)C(=N)NC(N)=O. The second kappa shape index (κ2) is 6.22. The Bertz CT molecular complexity index is 471. The average molecular weight is 262 g/mol. The van der Waals surface area contributed by atoms with Gasteiger partial charge in [0.25, 0.3) is 0 Å². The van der Waals surface area contributed by atoms with Gasteiger partial charge >= 0.3 is 6.03 Å². The first-order valence-electron chi connectivity index (χ1n) is 6.41. The van der Waals surface area contributed by atoms with E-state index < -0.39 is 6.03 Å².